The van der Waals surface area contributed by atoms with Gasteiger partial charge in [0.15, 0.2) is 0 Å². The Morgan fingerprint density at radius 2 is 2.21 bits per heavy atom. The van der Waals surface area contributed by atoms with Crippen molar-refractivity contribution in [1.82, 2.24) is 4.90 Å². The summed E-state index contributed by atoms with van der Waals surface area (Å²) in [6, 6.07) is 9.20. The first kappa shape index (κ1) is 10.3. The van der Waals surface area contributed by atoms with Crippen LogP contribution in [0.15, 0.2) is 24.3 Å². The summed E-state index contributed by atoms with van der Waals surface area (Å²) in [5.74, 6) is -0.0372. The van der Waals surface area contributed by atoms with E-state index in [-0.39, 0.29) is 5.91 Å². The highest BCUT2D eigenvalue weighted by atomic mass is 16.2. The molecule has 0 saturated carbocycles. The predicted molar refractivity (Wildman–Crippen MR) is 53.8 cm³/mol. The van der Waals surface area contributed by atoms with E-state index in [0.717, 1.165) is 5.56 Å². The highest BCUT2D eigenvalue weighted by molar-refractivity contribution is 5.94. The lowest BCUT2D eigenvalue weighted by molar-refractivity contribution is 0.0827. The van der Waals surface area contributed by atoms with Crippen LogP contribution in [0, 0.1) is 11.3 Å². The molecule has 0 saturated heterocycles. The molecule has 1 rings (SSSR count). The molecule has 0 bridgehead atoms. The second kappa shape index (κ2) is 4.43. The van der Waals surface area contributed by atoms with Crippen LogP contribution in [0.2, 0.25) is 0 Å². The molecule has 0 aliphatic heterocycles. The van der Waals surface area contributed by atoms with Crippen LogP contribution < -0.4 is 0 Å². The normalized spacial score (nSPS) is 9.21. The van der Waals surface area contributed by atoms with Crippen LogP contribution in [0.3, 0.4) is 0 Å². The van der Waals surface area contributed by atoms with Gasteiger partial charge in [-0.3, -0.25) is 4.79 Å². The maximum Gasteiger partial charge on any atom is 0.253 e. The number of carbonyl (C=O) groups excluding carboxylic acids is 1. The Labute approximate surface area is 83.6 Å². The Morgan fingerprint density at radius 3 is 2.79 bits per heavy atom. The van der Waals surface area contributed by atoms with E-state index in [4.69, 9.17) is 5.26 Å². The zero-order chi connectivity index (χ0) is 10.6. The second-order valence-electron chi connectivity index (χ2n) is 3.23. The monoisotopic (exact) mass is 188 g/mol. The minimum atomic E-state index is -0.0372. The molecule has 0 fully saturated rings. The van der Waals surface area contributed by atoms with Crippen LogP contribution in [0.4, 0.5) is 0 Å². The zero-order valence-electron chi connectivity index (χ0n) is 8.32. The van der Waals surface area contributed by atoms with E-state index in [1.54, 1.807) is 32.3 Å². The fraction of sp³-hybridized carbons (Fsp3) is 0.273. The van der Waals surface area contributed by atoms with E-state index in [1.807, 2.05) is 6.07 Å². The third kappa shape index (κ3) is 2.33. The summed E-state index contributed by atoms with van der Waals surface area (Å²) < 4.78 is 0. The fourth-order valence-corrected chi connectivity index (χ4v) is 1.16. The summed E-state index contributed by atoms with van der Waals surface area (Å²) >= 11 is 0. The molecule has 1 aromatic carbocycles. The van der Waals surface area contributed by atoms with Crippen LogP contribution in [0.25, 0.3) is 0 Å². The van der Waals surface area contributed by atoms with Gasteiger partial charge in [-0.2, -0.15) is 5.26 Å². The molecule has 0 aliphatic rings. The minimum absolute atomic E-state index is 0.0372. The summed E-state index contributed by atoms with van der Waals surface area (Å²) in [4.78, 5) is 13.1. The van der Waals surface area contributed by atoms with Crippen LogP contribution in [0.1, 0.15) is 15.9 Å². The quantitative estimate of drug-likeness (QED) is 0.705. The van der Waals surface area contributed by atoms with Crippen molar-refractivity contribution in [2.75, 3.05) is 14.1 Å². The van der Waals surface area contributed by atoms with Gasteiger partial charge >= 0.3 is 0 Å². The van der Waals surface area contributed by atoms with Crippen molar-refractivity contribution in [2.24, 2.45) is 0 Å². The molecule has 3 nitrogen and oxygen atoms in total. The summed E-state index contributed by atoms with van der Waals surface area (Å²) in [6.45, 7) is 0. The lowest BCUT2D eigenvalue weighted by atomic mass is 10.1. The molecule has 0 spiro atoms. The van der Waals surface area contributed by atoms with E-state index < -0.39 is 0 Å². The molecule has 0 unspecified atom stereocenters. The van der Waals surface area contributed by atoms with Crippen molar-refractivity contribution in [2.45, 2.75) is 6.42 Å². The van der Waals surface area contributed by atoms with E-state index in [2.05, 4.69) is 6.07 Å². The van der Waals surface area contributed by atoms with Crippen LogP contribution in [-0.4, -0.2) is 24.9 Å². The highest BCUT2D eigenvalue weighted by Crippen LogP contribution is 2.07. The van der Waals surface area contributed by atoms with Crippen LogP contribution in [-0.2, 0) is 6.42 Å². The lowest BCUT2D eigenvalue weighted by Crippen LogP contribution is -2.21. The Balaban J connectivity index is 2.95. The maximum absolute atomic E-state index is 11.5. The van der Waals surface area contributed by atoms with Gasteiger partial charge in [0.2, 0.25) is 0 Å². The molecular formula is C11H12N2O. The minimum Gasteiger partial charge on any atom is -0.345 e. The predicted octanol–water partition coefficient (Wildman–Crippen LogP) is 1.45. The fourth-order valence-electron chi connectivity index (χ4n) is 1.16. The molecule has 0 N–H and O–H groups in total. The molecule has 72 valence electrons. The second-order valence-corrected chi connectivity index (χ2v) is 3.23. The first-order valence-electron chi connectivity index (χ1n) is 4.32. The number of benzene rings is 1. The first-order chi connectivity index (χ1) is 6.65. The van der Waals surface area contributed by atoms with E-state index >= 15 is 0 Å². The Morgan fingerprint density at radius 1 is 1.50 bits per heavy atom. The average Bonchev–Trinajstić information content (AvgIpc) is 2.17. The topological polar surface area (TPSA) is 44.1 Å². The number of nitriles is 1. The third-order valence-electron chi connectivity index (χ3n) is 1.86. The molecule has 1 aromatic rings. The SMILES string of the molecule is CN(C)C(=O)c1cccc(CC#N)c1. The number of hydrogen-bond donors (Lipinski definition) is 0. The largest absolute Gasteiger partial charge is 0.345 e. The third-order valence-corrected chi connectivity index (χ3v) is 1.86. The van der Waals surface area contributed by atoms with Gasteiger partial charge in [-0.05, 0) is 17.7 Å². The molecule has 0 radical (unpaired) electrons. The Hall–Kier alpha value is -1.82. The van der Waals surface area contributed by atoms with Gasteiger partial charge in [-0.15, -0.1) is 0 Å². The molecule has 0 atom stereocenters. The van der Waals surface area contributed by atoms with Crippen molar-refractivity contribution < 1.29 is 4.79 Å². The van der Waals surface area contributed by atoms with E-state index in [9.17, 15) is 4.79 Å². The zero-order valence-corrected chi connectivity index (χ0v) is 8.32. The first-order valence-corrected chi connectivity index (χ1v) is 4.32. The average molecular weight is 188 g/mol. The van der Waals surface area contributed by atoms with E-state index in [0.29, 0.717) is 12.0 Å². The van der Waals surface area contributed by atoms with Gasteiger partial charge in [0.1, 0.15) is 0 Å². The van der Waals surface area contributed by atoms with Crippen molar-refractivity contribution in [3.8, 4) is 6.07 Å². The van der Waals surface area contributed by atoms with Gasteiger partial charge in [-0.1, -0.05) is 12.1 Å². The van der Waals surface area contributed by atoms with Crippen molar-refractivity contribution >= 4 is 5.91 Å². The van der Waals surface area contributed by atoms with Gasteiger partial charge in [0, 0.05) is 19.7 Å². The smallest absolute Gasteiger partial charge is 0.253 e. The molecule has 14 heavy (non-hydrogen) atoms. The number of hydrogen-bond acceptors (Lipinski definition) is 2. The number of nitrogens with zero attached hydrogens (tertiary/aromatic N) is 2. The Kier molecular flexibility index (Phi) is 3.24. The van der Waals surface area contributed by atoms with Crippen molar-refractivity contribution in [3.05, 3.63) is 35.4 Å². The number of amides is 1. The Bertz CT molecular complexity index is 377. The van der Waals surface area contributed by atoms with Gasteiger partial charge in [-0.25, -0.2) is 0 Å². The van der Waals surface area contributed by atoms with Crippen LogP contribution in [0.5, 0.6) is 0 Å². The highest BCUT2D eigenvalue weighted by Gasteiger charge is 2.07. The molecule has 0 aromatic heterocycles. The number of carbonyl (C=O) groups is 1. The maximum atomic E-state index is 11.5. The molecular weight excluding hydrogens is 176 g/mol. The van der Waals surface area contributed by atoms with Gasteiger partial charge in [0.25, 0.3) is 5.91 Å². The summed E-state index contributed by atoms with van der Waals surface area (Å²) in [7, 11) is 3.42. The van der Waals surface area contributed by atoms with Gasteiger partial charge < -0.3 is 4.90 Å². The summed E-state index contributed by atoms with van der Waals surface area (Å²) in [5.41, 5.74) is 1.50. The molecule has 1 amide bonds. The summed E-state index contributed by atoms with van der Waals surface area (Å²) in [6.07, 6.45) is 0.342. The van der Waals surface area contributed by atoms with Crippen molar-refractivity contribution in [1.29, 1.82) is 5.26 Å². The molecule has 3 heteroatoms. The van der Waals surface area contributed by atoms with Gasteiger partial charge in [0.05, 0.1) is 12.5 Å². The standard InChI is InChI=1S/C11H12N2O/c1-13(2)11(14)10-5-3-4-9(8-10)6-7-12/h3-5,8H,6H2,1-2H3. The van der Waals surface area contributed by atoms with E-state index in [1.165, 1.54) is 4.90 Å². The van der Waals surface area contributed by atoms with Crippen molar-refractivity contribution in [3.63, 3.8) is 0 Å². The molecule has 0 aliphatic carbocycles. The molecule has 0 heterocycles. The number of rotatable bonds is 2. The lowest BCUT2D eigenvalue weighted by Gasteiger charge is -2.10. The van der Waals surface area contributed by atoms with Crippen LogP contribution >= 0.6 is 0 Å². The summed E-state index contributed by atoms with van der Waals surface area (Å²) in [5, 5.41) is 8.51.